The van der Waals surface area contributed by atoms with Gasteiger partial charge in [0, 0.05) is 4.90 Å². The maximum Gasteiger partial charge on any atom is 0.272 e. The Kier molecular flexibility index (Phi) is 5.72. The lowest BCUT2D eigenvalue weighted by Crippen LogP contribution is -2.31. The van der Waals surface area contributed by atoms with Crippen LogP contribution in [-0.2, 0) is 9.59 Å². The molecule has 0 N–H and O–H groups in total. The number of para-hydroxylation sites is 1. The lowest BCUT2D eigenvalue weighted by Gasteiger charge is -2.15. The van der Waals surface area contributed by atoms with Crippen LogP contribution < -0.4 is 9.64 Å². The summed E-state index contributed by atoms with van der Waals surface area (Å²) in [5.74, 6) is 0.100. The number of thioether (sulfide) groups is 1. The predicted molar refractivity (Wildman–Crippen MR) is 120 cm³/mol. The van der Waals surface area contributed by atoms with E-state index < -0.39 is 0 Å². The molecule has 0 spiro atoms. The molecule has 0 aromatic heterocycles. The SMILES string of the molecule is CC(C)Oc1ccc(C2=C(Sc3ccccc3)C(=O)N(c3ccccc3)C2=O)cc1. The van der Waals surface area contributed by atoms with E-state index in [2.05, 4.69) is 0 Å². The molecule has 0 fully saturated rings. The van der Waals surface area contributed by atoms with E-state index in [9.17, 15) is 9.59 Å². The molecular weight excluding hydrogens is 394 g/mol. The number of amides is 2. The molecule has 0 saturated heterocycles. The summed E-state index contributed by atoms with van der Waals surface area (Å²) in [5, 5.41) is 0. The van der Waals surface area contributed by atoms with Crippen molar-refractivity contribution in [1.82, 2.24) is 0 Å². The Morgan fingerprint density at radius 1 is 0.767 bits per heavy atom. The van der Waals surface area contributed by atoms with Gasteiger partial charge in [-0.15, -0.1) is 0 Å². The molecule has 0 unspecified atom stereocenters. The third kappa shape index (κ3) is 4.02. The molecule has 1 aliphatic heterocycles. The van der Waals surface area contributed by atoms with Crippen LogP contribution in [0.25, 0.3) is 5.57 Å². The molecule has 3 aromatic rings. The average molecular weight is 416 g/mol. The smallest absolute Gasteiger partial charge is 0.272 e. The number of rotatable bonds is 6. The van der Waals surface area contributed by atoms with Gasteiger partial charge in [0.05, 0.1) is 22.3 Å². The number of carbonyl (C=O) groups is 2. The molecule has 0 saturated carbocycles. The van der Waals surface area contributed by atoms with Crippen LogP contribution in [0.4, 0.5) is 5.69 Å². The predicted octanol–water partition coefficient (Wildman–Crippen LogP) is 5.55. The maximum atomic E-state index is 13.4. The Labute approximate surface area is 180 Å². The molecule has 0 radical (unpaired) electrons. The first kappa shape index (κ1) is 20.0. The van der Waals surface area contributed by atoms with Crippen molar-refractivity contribution in [3.63, 3.8) is 0 Å². The molecule has 4 rings (SSSR count). The van der Waals surface area contributed by atoms with Gasteiger partial charge < -0.3 is 4.74 Å². The Balaban J connectivity index is 1.77. The quantitative estimate of drug-likeness (QED) is 0.495. The van der Waals surface area contributed by atoms with E-state index in [0.29, 0.717) is 21.7 Å². The topological polar surface area (TPSA) is 46.6 Å². The van der Waals surface area contributed by atoms with E-state index in [1.54, 1.807) is 12.1 Å². The number of carbonyl (C=O) groups excluding carboxylic acids is 2. The van der Waals surface area contributed by atoms with Crippen LogP contribution in [0.1, 0.15) is 19.4 Å². The summed E-state index contributed by atoms with van der Waals surface area (Å²) in [6.45, 7) is 3.92. The van der Waals surface area contributed by atoms with Gasteiger partial charge >= 0.3 is 0 Å². The number of hydrogen-bond donors (Lipinski definition) is 0. The summed E-state index contributed by atoms with van der Waals surface area (Å²) in [7, 11) is 0. The molecule has 0 bridgehead atoms. The molecule has 1 aliphatic rings. The number of benzene rings is 3. The van der Waals surface area contributed by atoms with Crippen molar-refractivity contribution in [2.45, 2.75) is 24.8 Å². The molecule has 0 aliphatic carbocycles. The van der Waals surface area contributed by atoms with E-state index >= 15 is 0 Å². The molecule has 4 nitrogen and oxygen atoms in total. The minimum Gasteiger partial charge on any atom is -0.491 e. The average Bonchev–Trinajstić information content (AvgIpc) is 2.99. The minimum absolute atomic E-state index is 0.0579. The molecule has 3 aromatic carbocycles. The van der Waals surface area contributed by atoms with Gasteiger partial charge in [0.1, 0.15) is 5.75 Å². The van der Waals surface area contributed by atoms with Crippen molar-refractivity contribution in [2.24, 2.45) is 0 Å². The van der Waals surface area contributed by atoms with Gasteiger partial charge in [0.15, 0.2) is 0 Å². The summed E-state index contributed by atoms with van der Waals surface area (Å²) in [4.78, 5) is 29.3. The van der Waals surface area contributed by atoms with Crippen LogP contribution in [0.2, 0.25) is 0 Å². The van der Waals surface area contributed by atoms with E-state index in [0.717, 1.165) is 10.6 Å². The molecule has 0 atom stereocenters. The lowest BCUT2D eigenvalue weighted by molar-refractivity contribution is -0.119. The molecule has 1 heterocycles. The highest BCUT2D eigenvalue weighted by molar-refractivity contribution is 8.04. The number of nitrogens with zero attached hydrogens (tertiary/aromatic N) is 1. The van der Waals surface area contributed by atoms with E-state index in [1.807, 2.05) is 86.6 Å². The van der Waals surface area contributed by atoms with E-state index in [1.165, 1.54) is 16.7 Å². The number of imide groups is 1. The first-order chi connectivity index (χ1) is 14.5. The Hall–Kier alpha value is -3.31. The zero-order valence-electron chi connectivity index (χ0n) is 16.7. The largest absolute Gasteiger partial charge is 0.491 e. The molecule has 2 amide bonds. The first-order valence-corrected chi connectivity index (χ1v) is 10.5. The third-order valence-electron chi connectivity index (χ3n) is 4.53. The Morgan fingerprint density at radius 2 is 1.37 bits per heavy atom. The normalized spacial score (nSPS) is 14.0. The summed E-state index contributed by atoms with van der Waals surface area (Å²) in [5.41, 5.74) is 1.67. The monoisotopic (exact) mass is 415 g/mol. The van der Waals surface area contributed by atoms with E-state index in [-0.39, 0.29) is 17.9 Å². The maximum absolute atomic E-state index is 13.4. The number of anilines is 1. The lowest BCUT2D eigenvalue weighted by atomic mass is 10.1. The highest BCUT2D eigenvalue weighted by atomic mass is 32.2. The summed E-state index contributed by atoms with van der Waals surface area (Å²) in [6.07, 6.45) is 0.0579. The second-order valence-corrected chi connectivity index (χ2v) is 8.18. The fourth-order valence-corrected chi connectivity index (χ4v) is 4.26. The Morgan fingerprint density at radius 3 is 1.97 bits per heavy atom. The van der Waals surface area contributed by atoms with Crippen LogP contribution in [0.3, 0.4) is 0 Å². The first-order valence-electron chi connectivity index (χ1n) is 9.72. The van der Waals surface area contributed by atoms with Crippen molar-refractivity contribution in [1.29, 1.82) is 0 Å². The molecule has 5 heteroatoms. The van der Waals surface area contributed by atoms with Gasteiger partial charge in [-0.25, -0.2) is 4.90 Å². The second kappa shape index (κ2) is 8.59. The van der Waals surface area contributed by atoms with Crippen LogP contribution in [0.5, 0.6) is 5.75 Å². The molecule has 150 valence electrons. The standard InChI is InChI=1S/C25H21NO3S/c1-17(2)29-20-15-13-18(14-16-20)22-23(30-21-11-7-4-8-12-21)25(28)26(24(22)27)19-9-5-3-6-10-19/h3-17H,1-2H3. The van der Waals surface area contributed by atoms with Gasteiger partial charge in [-0.3, -0.25) is 9.59 Å². The van der Waals surface area contributed by atoms with E-state index in [4.69, 9.17) is 4.74 Å². The van der Waals surface area contributed by atoms with Crippen molar-refractivity contribution >= 4 is 34.8 Å². The van der Waals surface area contributed by atoms with Gasteiger partial charge in [-0.2, -0.15) is 0 Å². The summed E-state index contributed by atoms with van der Waals surface area (Å²) >= 11 is 1.32. The zero-order chi connectivity index (χ0) is 21.1. The van der Waals surface area contributed by atoms with Crippen LogP contribution in [0, 0.1) is 0 Å². The van der Waals surface area contributed by atoms with Crippen LogP contribution in [0.15, 0.2) is 94.7 Å². The van der Waals surface area contributed by atoms with Crippen molar-refractivity contribution < 1.29 is 14.3 Å². The summed E-state index contributed by atoms with van der Waals surface area (Å²) in [6, 6.07) is 25.9. The number of ether oxygens (including phenoxy) is 1. The van der Waals surface area contributed by atoms with Gasteiger partial charge in [0.25, 0.3) is 11.8 Å². The fraction of sp³-hybridized carbons (Fsp3) is 0.120. The highest BCUT2D eigenvalue weighted by Gasteiger charge is 2.40. The second-order valence-electron chi connectivity index (χ2n) is 7.09. The van der Waals surface area contributed by atoms with Crippen molar-refractivity contribution in [3.8, 4) is 5.75 Å². The Bertz CT molecular complexity index is 1090. The van der Waals surface area contributed by atoms with Gasteiger partial charge in [-0.05, 0) is 55.8 Å². The van der Waals surface area contributed by atoms with Crippen LogP contribution >= 0.6 is 11.8 Å². The van der Waals surface area contributed by atoms with Crippen LogP contribution in [-0.4, -0.2) is 17.9 Å². The number of hydrogen-bond acceptors (Lipinski definition) is 4. The fourth-order valence-electron chi connectivity index (χ4n) is 3.25. The van der Waals surface area contributed by atoms with Gasteiger partial charge in [0.2, 0.25) is 0 Å². The molecule has 30 heavy (non-hydrogen) atoms. The van der Waals surface area contributed by atoms with Crippen molar-refractivity contribution in [3.05, 3.63) is 95.4 Å². The summed E-state index contributed by atoms with van der Waals surface area (Å²) < 4.78 is 5.71. The zero-order valence-corrected chi connectivity index (χ0v) is 17.6. The third-order valence-corrected chi connectivity index (χ3v) is 5.62. The minimum atomic E-state index is -0.317. The molecular formula is C25H21NO3S. The van der Waals surface area contributed by atoms with Crippen molar-refractivity contribution in [2.75, 3.05) is 4.90 Å². The van der Waals surface area contributed by atoms with Gasteiger partial charge in [-0.1, -0.05) is 60.3 Å². The highest BCUT2D eigenvalue weighted by Crippen LogP contribution is 2.41.